The van der Waals surface area contributed by atoms with Crippen LogP contribution in [0.5, 0.6) is 0 Å². The highest BCUT2D eigenvalue weighted by Crippen LogP contribution is 2.13. The van der Waals surface area contributed by atoms with Crippen molar-refractivity contribution in [2.24, 2.45) is 0 Å². The molecule has 0 amide bonds. The lowest BCUT2D eigenvalue weighted by Gasteiger charge is -2.00. The Morgan fingerprint density at radius 3 is 2.62 bits per heavy atom. The molecule has 3 nitrogen and oxygen atoms in total. The number of aryl methyl sites for hydroxylation is 1. The SMILES string of the molecule is CCCCCc1nc(Cl)nnc1Cl. The maximum Gasteiger partial charge on any atom is 0.243 e. The summed E-state index contributed by atoms with van der Waals surface area (Å²) in [5, 5.41) is 7.74. The van der Waals surface area contributed by atoms with Crippen LogP contribution in [0.3, 0.4) is 0 Å². The summed E-state index contributed by atoms with van der Waals surface area (Å²) in [5.41, 5.74) is 0.745. The van der Waals surface area contributed by atoms with E-state index in [2.05, 4.69) is 22.1 Å². The normalized spacial score (nSPS) is 10.4. The lowest BCUT2D eigenvalue weighted by atomic mass is 10.2. The van der Waals surface area contributed by atoms with Crippen LogP contribution in [0.1, 0.15) is 31.9 Å². The average molecular weight is 220 g/mol. The van der Waals surface area contributed by atoms with Gasteiger partial charge in [0, 0.05) is 0 Å². The van der Waals surface area contributed by atoms with Crippen LogP contribution in [0.4, 0.5) is 0 Å². The molecule has 0 N–H and O–H groups in total. The molecule has 1 aromatic rings. The van der Waals surface area contributed by atoms with Crippen molar-refractivity contribution in [3.8, 4) is 0 Å². The van der Waals surface area contributed by atoms with Crippen LogP contribution in [-0.2, 0) is 6.42 Å². The number of hydrogen-bond acceptors (Lipinski definition) is 3. The minimum atomic E-state index is 0.163. The van der Waals surface area contributed by atoms with Crippen LogP contribution in [-0.4, -0.2) is 15.2 Å². The molecule has 0 aliphatic rings. The zero-order chi connectivity index (χ0) is 9.68. The van der Waals surface area contributed by atoms with Crippen molar-refractivity contribution in [2.45, 2.75) is 32.6 Å². The lowest BCUT2D eigenvalue weighted by Crippen LogP contribution is -1.97. The molecular weight excluding hydrogens is 209 g/mol. The minimum absolute atomic E-state index is 0.163. The molecule has 13 heavy (non-hydrogen) atoms. The summed E-state index contributed by atoms with van der Waals surface area (Å²) in [6.45, 7) is 2.15. The van der Waals surface area contributed by atoms with Crippen LogP contribution in [0, 0.1) is 0 Å². The van der Waals surface area contributed by atoms with Gasteiger partial charge < -0.3 is 0 Å². The fourth-order valence-corrected chi connectivity index (χ4v) is 1.34. The molecule has 0 aliphatic heterocycles. The molecule has 0 saturated heterocycles. The van der Waals surface area contributed by atoms with E-state index < -0.39 is 0 Å². The van der Waals surface area contributed by atoms with Gasteiger partial charge in [-0.25, -0.2) is 4.98 Å². The quantitative estimate of drug-likeness (QED) is 0.732. The van der Waals surface area contributed by atoms with Gasteiger partial charge in [-0.15, -0.1) is 10.2 Å². The molecule has 72 valence electrons. The molecule has 1 aromatic heterocycles. The van der Waals surface area contributed by atoms with Gasteiger partial charge in [-0.05, 0) is 24.4 Å². The molecule has 0 fully saturated rings. The summed E-state index contributed by atoms with van der Waals surface area (Å²) >= 11 is 11.4. The van der Waals surface area contributed by atoms with E-state index in [0.717, 1.165) is 25.0 Å². The number of halogens is 2. The first-order valence-corrected chi connectivity index (χ1v) is 5.04. The second-order valence-corrected chi connectivity index (χ2v) is 3.47. The number of aromatic nitrogens is 3. The van der Waals surface area contributed by atoms with Gasteiger partial charge >= 0.3 is 0 Å². The van der Waals surface area contributed by atoms with Crippen molar-refractivity contribution in [2.75, 3.05) is 0 Å². The van der Waals surface area contributed by atoms with Crippen molar-refractivity contribution in [3.05, 3.63) is 16.1 Å². The van der Waals surface area contributed by atoms with E-state index in [1.54, 1.807) is 0 Å². The van der Waals surface area contributed by atoms with E-state index in [1.165, 1.54) is 6.42 Å². The van der Waals surface area contributed by atoms with Crippen LogP contribution < -0.4 is 0 Å². The molecule has 0 radical (unpaired) electrons. The van der Waals surface area contributed by atoms with Gasteiger partial charge in [0.1, 0.15) is 0 Å². The maximum atomic E-state index is 5.78. The molecule has 0 aromatic carbocycles. The monoisotopic (exact) mass is 219 g/mol. The molecule has 5 heteroatoms. The lowest BCUT2D eigenvalue weighted by molar-refractivity contribution is 0.700. The van der Waals surface area contributed by atoms with Crippen molar-refractivity contribution in [3.63, 3.8) is 0 Å². The Bertz CT molecular complexity index is 278. The average Bonchev–Trinajstić information content (AvgIpc) is 2.11. The molecule has 0 aliphatic carbocycles. The Kier molecular flexibility index (Phi) is 4.39. The highest BCUT2D eigenvalue weighted by molar-refractivity contribution is 6.30. The molecule has 0 saturated carbocycles. The van der Waals surface area contributed by atoms with Crippen LogP contribution >= 0.6 is 23.2 Å². The predicted octanol–water partition coefficient (Wildman–Crippen LogP) is 2.91. The largest absolute Gasteiger partial charge is 0.243 e. The summed E-state index contributed by atoms with van der Waals surface area (Å²) in [6.07, 6.45) is 4.22. The van der Waals surface area contributed by atoms with E-state index in [4.69, 9.17) is 23.2 Å². The summed E-state index contributed by atoms with van der Waals surface area (Å²) in [5.74, 6) is 0. The van der Waals surface area contributed by atoms with Crippen molar-refractivity contribution >= 4 is 23.2 Å². The van der Waals surface area contributed by atoms with E-state index in [-0.39, 0.29) is 5.28 Å². The molecule has 0 atom stereocenters. The standard InChI is InChI=1S/C8H11Cl2N3/c1-2-3-4-5-6-7(9)12-13-8(10)11-6/h2-5H2,1H3. The van der Waals surface area contributed by atoms with Crippen LogP contribution in [0.25, 0.3) is 0 Å². The first kappa shape index (κ1) is 10.7. The molecule has 1 rings (SSSR count). The Labute approximate surface area is 87.5 Å². The third-order valence-electron chi connectivity index (χ3n) is 1.70. The van der Waals surface area contributed by atoms with Gasteiger partial charge in [0.15, 0.2) is 5.15 Å². The van der Waals surface area contributed by atoms with E-state index in [0.29, 0.717) is 5.15 Å². The fourth-order valence-electron chi connectivity index (χ4n) is 1.02. The molecule has 1 heterocycles. The van der Waals surface area contributed by atoms with Gasteiger partial charge in [-0.3, -0.25) is 0 Å². The van der Waals surface area contributed by atoms with Crippen LogP contribution in [0.2, 0.25) is 10.4 Å². The Morgan fingerprint density at radius 2 is 1.92 bits per heavy atom. The summed E-state index contributed by atoms with van der Waals surface area (Å²) in [7, 11) is 0. The van der Waals surface area contributed by atoms with Crippen molar-refractivity contribution < 1.29 is 0 Å². The maximum absolute atomic E-state index is 5.78. The first-order chi connectivity index (χ1) is 6.24. The summed E-state index contributed by atoms with van der Waals surface area (Å²) in [4.78, 5) is 4.00. The second kappa shape index (κ2) is 5.35. The van der Waals surface area contributed by atoms with Gasteiger partial charge in [0.25, 0.3) is 0 Å². The van der Waals surface area contributed by atoms with Gasteiger partial charge in [-0.1, -0.05) is 31.4 Å². The molecule has 0 spiro atoms. The highest BCUT2D eigenvalue weighted by Gasteiger charge is 2.04. The zero-order valence-corrected chi connectivity index (χ0v) is 8.94. The Balaban J connectivity index is 2.59. The highest BCUT2D eigenvalue weighted by atomic mass is 35.5. The van der Waals surface area contributed by atoms with Gasteiger partial charge in [0.2, 0.25) is 5.28 Å². The Morgan fingerprint density at radius 1 is 1.15 bits per heavy atom. The fraction of sp³-hybridized carbons (Fsp3) is 0.625. The molecular formula is C8H11Cl2N3. The number of rotatable bonds is 4. The number of unbranched alkanes of at least 4 members (excludes halogenated alkanes) is 2. The molecule has 0 bridgehead atoms. The van der Waals surface area contributed by atoms with Gasteiger partial charge in [-0.2, -0.15) is 0 Å². The number of hydrogen-bond donors (Lipinski definition) is 0. The topological polar surface area (TPSA) is 38.7 Å². The van der Waals surface area contributed by atoms with Gasteiger partial charge in [0.05, 0.1) is 5.69 Å². The first-order valence-electron chi connectivity index (χ1n) is 4.28. The second-order valence-electron chi connectivity index (χ2n) is 2.78. The third kappa shape index (κ3) is 3.44. The van der Waals surface area contributed by atoms with Crippen molar-refractivity contribution in [1.29, 1.82) is 0 Å². The van der Waals surface area contributed by atoms with Crippen molar-refractivity contribution in [1.82, 2.24) is 15.2 Å². The predicted molar refractivity (Wildman–Crippen MR) is 53.1 cm³/mol. The third-order valence-corrected chi connectivity index (χ3v) is 2.16. The van der Waals surface area contributed by atoms with E-state index in [9.17, 15) is 0 Å². The Hall–Kier alpha value is -0.410. The minimum Gasteiger partial charge on any atom is -0.218 e. The summed E-state index contributed by atoms with van der Waals surface area (Å²) in [6, 6.07) is 0. The summed E-state index contributed by atoms with van der Waals surface area (Å²) < 4.78 is 0. The van der Waals surface area contributed by atoms with Crippen LogP contribution in [0.15, 0.2) is 0 Å². The van der Waals surface area contributed by atoms with E-state index >= 15 is 0 Å². The zero-order valence-electron chi connectivity index (χ0n) is 7.43. The smallest absolute Gasteiger partial charge is 0.218 e. The number of nitrogens with zero attached hydrogens (tertiary/aromatic N) is 3. The van der Waals surface area contributed by atoms with E-state index in [1.807, 2.05) is 0 Å². The molecule has 0 unspecified atom stereocenters.